The van der Waals surface area contributed by atoms with E-state index >= 15 is 0 Å². The molecule has 0 amide bonds. The van der Waals surface area contributed by atoms with Gasteiger partial charge in [0.05, 0.1) is 24.3 Å². The van der Waals surface area contributed by atoms with E-state index in [-0.39, 0.29) is 28.8 Å². The molecule has 0 aliphatic carbocycles. The summed E-state index contributed by atoms with van der Waals surface area (Å²) in [5.74, 6) is -0.453. The number of halogens is 2. The molecule has 0 fully saturated rings. The summed E-state index contributed by atoms with van der Waals surface area (Å²) in [7, 11) is 0. The van der Waals surface area contributed by atoms with Crippen LogP contribution in [0.2, 0.25) is 0 Å². The average Bonchev–Trinajstić information content (AvgIpc) is 2.45. The van der Waals surface area contributed by atoms with Crippen LogP contribution < -0.4 is 21.1 Å². The van der Waals surface area contributed by atoms with Crippen LogP contribution in [-0.2, 0) is 28.8 Å². The van der Waals surface area contributed by atoms with Gasteiger partial charge in [0.25, 0.3) is 0 Å². The summed E-state index contributed by atoms with van der Waals surface area (Å²) in [5.41, 5.74) is -1.16. The Morgan fingerprint density at radius 2 is 1.19 bits per heavy atom. The van der Waals surface area contributed by atoms with E-state index in [2.05, 4.69) is 8.83 Å². The first-order valence-electron chi connectivity index (χ1n) is 5.17. The third-order valence-electron chi connectivity index (χ3n) is 1.97. The summed E-state index contributed by atoms with van der Waals surface area (Å²) in [6.07, 6.45) is 1.72. The van der Waals surface area contributed by atoms with Crippen molar-refractivity contribution in [3.63, 3.8) is 0 Å². The van der Waals surface area contributed by atoms with Gasteiger partial charge in [-0.15, -0.1) is 23.2 Å². The Morgan fingerprint density at radius 3 is 1.43 bits per heavy atom. The molecule has 0 atom stereocenters. The SMILES string of the molecule is O=c1cc(CCl)occ1[O-].O=c1cc(CCl)occ1[O-].[Cu+2]. The first-order valence-corrected chi connectivity index (χ1v) is 6.24. The minimum atomic E-state index is -0.645. The second-order valence-corrected chi connectivity index (χ2v) is 3.95. The predicted octanol–water partition coefficient (Wildman–Crippen LogP) is 0.902. The molecule has 0 saturated heterocycles. The monoisotopic (exact) mass is 381 g/mol. The molecule has 0 N–H and O–H groups in total. The fourth-order valence-electron chi connectivity index (χ4n) is 1.02. The third-order valence-corrected chi connectivity index (χ3v) is 2.49. The Balaban J connectivity index is 0.000000364. The van der Waals surface area contributed by atoms with Crippen LogP contribution in [0.1, 0.15) is 11.5 Å². The van der Waals surface area contributed by atoms with E-state index in [0.29, 0.717) is 11.5 Å². The van der Waals surface area contributed by atoms with E-state index < -0.39 is 22.4 Å². The second-order valence-electron chi connectivity index (χ2n) is 3.42. The summed E-state index contributed by atoms with van der Waals surface area (Å²) in [6.45, 7) is 0. The maximum atomic E-state index is 10.6. The third kappa shape index (κ3) is 6.27. The molecule has 2 aromatic heterocycles. The maximum Gasteiger partial charge on any atom is 2.00 e. The summed E-state index contributed by atoms with van der Waals surface area (Å²) in [4.78, 5) is 21.1. The van der Waals surface area contributed by atoms with Crippen molar-refractivity contribution < 1.29 is 36.1 Å². The van der Waals surface area contributed by atoms with Crippen LogP contribution in [0.15, 0.2) is 43.1 Å². The Kier molecular flexibility index (Phi) is 8.89. The van der Waals surface area contributed by atoms with E-state index in [1.54, 1.807) is 0 Å². The summed E-state index contributed by atoms with van der Waals surface area (Å²) in [6, 6.07) is 2.19. The Bertz CT molecular complexity index is 622. The molecule has 117 valence electrons. The number of hydrogen-bond acceptors (Lipinski definition) is 6. The molecular weight excluding hydrogens is 375 g/mol. The zero-order chi connectivity index (χ0) is 15.1. The van der Waals surface area contributed by atoms with Crippen molar-refractivity contribution in [2.24, 2.45) is 0 Å². The molecule has 2 rings (SSSR count). The second kappa shape index (κ2) is 9.52. The van der Waals surface area contributed by atoms with Crippen LogP contribution in [0.5, 0.6) is 11.5 Å². The molecule has 0 aliphatic heterocycles. The van der Waals surface area contributed by atoms with Crippen LogP contribution in [0.4, 0.5) is 0 Å². The molecule has 0 saturated carbocycles. The molecule has 2 heterocycles. The van der Waals surface area contributed by atoms with Gasteiger partial charge in [0.1, 0.15) is 11.5 Å². The van der Waals surface area contributed by atoms with E-state index in [4.69, 9.17) is 23.2 Å². The smallest absolute Gasteiger partial charge is 0.868 e. The van der Waals surface area contributed by atoms with Crippen molar-refractivity contribution in [1.29, 1.82) is 0 Å². The Morgan fingerprint density at radius 1 is 0.857 bits per heavy atom. The number of rotatable bonds is 2. The minimum Gasteiger partial charge on any atom is -0.868 e. The standard InChI is InChI=1S/2C6H5ClO3.Cu/c2*7-2-4-1-5(8)6(9)3-10-4;/h2*1,3,9H,2H2;/q;;+2/p-2. The number of alkyl halides is 2. The molecular formula is C12H8Cl2CuO6. The fraction of sp³-hybridized carbons (Fsp3) is 0.167. The molecule has 0 aromatic carbocycles. The fourth-order valence-corrected chi connectivity index (χ4v) is 1.30. The van der Waals surface area contributed by atoms with E-state index in [1.807, 2.05) is 0 Å². The number of hydrogen-bond donors (Lipinski definition) is 0. The van der Waals surface area contributed by atoms with Gasteiger partial charge in [-0.25, -0.2) is 0 Å². The van der Waals surface area contributed by atoms with Gasteiger partial charge in [-0.2, -0.15) is 0 Å². The molecule has 21 heavy (non-hydrogen) atoms. The molecule has 2 aromatic rings. The van der Waals surface area contributed by atoms with E-state index in [1.165, 1.54) is 0 Å². The van der Waals surface area contributed by atoms with Gasteiger partial charge < -0.3 is 19.0 Å². The minimum absolute atomic E-state index is 0. The van der Waals surface area contributed by atoms with Gasteiger partial charge in [-0.05, 0) is 11.5 Å². The molecule has 0 unspecified atom stereocenters. The van der Waals surface area contributed by atoms with Crippen LogP contribution in [0.3, 0.4) is 0 Å². The zero-order valence-corrected chi connectivity index (χ0v) is 12.7. The Labute approximate surface area is 139 Å². The van der Waals surface area contributed by atoms with Crippen molar-refractivity contribution in [1.82, 2.24) is 0 Å². The van der Waals surface area contributed by atoms with Crippen LogP contribution in [0.25, 0.3) is 0 Å². The van der Waals surface area contributed by atoms with Crippen molar-refractivity contribution in [3.05, 3.63) is 56.6 Å². The van der Waals surface area contributed by atoms with Crippen LogP contribution in [-0.4, -0.2) is 0 Å². The van der Waals surface area contributed by atoms with Crippen molar-refractivity contribution in [2.45, 2.75) is 11.8 Å². The van der Waals surface area contributed by atoms with Crippen molar-refractivity contribution in [3.8, 4) is 11.5 Å². The predicted molar refractivity (Wildman–Crippen MR) is 68.0 cm³/mol. The van der Waals surface area contributed by atoms with Gasteiger partial charge >= 0.3 is 17.1 Å². The van der Waals surface area contributed by atoms with Gasteiger partial charge in [0.15, 0.2) is 10.9 Å². The van der Waals surface area contributed by atoms with Crippen LogP contribution in [0, 0.1) is 0 Å². The summed E-state index contributed by atoms with van der Waals surface area (Å²) < 4.78 is 9.29. The van der Waals surface area contributed by atoms with Crippen molar-refractivity contribution >= 4 is 23.2 Å². The average molecular weight is 383 g/mol. The molecule has 9 heteroatoms. The van der Waals surface area contributed by atoms with Crippen LogP contribution >= 0.6 is 23.2 Å². The Hall–Kier alpha value is -1.40. The summed E-state index contributed by atoms with van der Waals surface area (Å²) >= 11 is 10.6. The van der Waals surface area contributed by atoms with Crippen molar-refractivity contribution in [2.75, 3.05) is 0 Å². The van der Waals surface area contributed by atoms with E-state index in [9.17, 15) is 19.8 Å². The normalized spacial score (nSPS) is 9.24. The first-order chi connectivity index (χ1) is 9.47. The zero-order valence-electron chi connectivity index (χ0n) is 10.2. The first kappa shape index (κ1) is 19.6. The molecule has 1 radical (unpaired) electrons. The molecule has 6 nitrogen and oxygen atoms in total. The quantitative estimate of drug-likeness (QED) is 0.564. The van der Waals surface area contributed by atoms with Gasteiger partial charge in [0.2, 0.25) is 0 Å². The maximum absolute atomic E-state index is 10.6. The largest absolute Gasteiger partial charge is 2.00 e. The van der Waals surface area contributed by atoms with Gasteiger partial charge in [0, 0.05) is 12.1 Å². The van der Waals surface area contributed by atoms with Gasteiger partial charge in [-0.3, -0.25) is 9.59 Å². The molecule has 0 bridgehead atoms. The molecule has 0 spiro atoms. The van der Waals surface area contributed by atoms with Gasteiger partial charge in [-0.1, -0.05) is 0 Å². The summed E-state index contributed by atoms with van der Waals surface area (Å²) in [5, 5.41) is 20.9. The molecule has 0 aliphatic rings. The van der Waals surface area contributed by atoms with E-state index in [0.717, 1.165) is 24.7 Å². The topological polar surface area (TPSA) is 107 Å².